The number of amides is 5. The minimum absolute atomic E-state index is 0.00118. The first-order valence-corrected chi connectivity index (χ1v) is 27.0. The van der Waals surface area contributed by atoms with E-state index in [1.54, 1.807) is 60.8 Å². The van der Waals surface area contributed by atoms with Gasteiger partial charge in [0.05, 0.1) is 68.7 Å². The van der Waals surface area contributed by atoms with E-state index in [2.05, 4.69) is 49.3 Å². The number of ether oxygens (including phenoxy) is 4. The first-order chi connectivity index (χ1) is 37.4. The molecule has 0 saturated carbocycles. The number of carboxylic acid groups (broad SMARTS) is 1. The minimum Gasteiger partial charge on any atom is -0.508 e. The zero-order chi connectivity index (χ0) is 55.0. The summed E-state index contributed by atoms with van der Waals surface area (Å²) < 4.78 is 22.6. The highest BCUT2D eigenvalue weighted by Crippen LogP contribution is 2.33. The van der Waals surface area contributed by atoms with Crippen molar-refractivity contribution in [2.24, 2.45) is 11.6 Å². The number of fused-ring (bicyclic) bond motifs is 1. The number of rotatable bonds is 37. The van der Waals surface area contributed by atoms with Crippen molar-refractivity contribution in [1.82, 2.24) is 26.3 Å². The van der Waals surface area contributed by atoms with Crippen LogP contribution in [-0.2, 0) is 35.0 Å². The third-order valence-electron chi connectivity index (χ3n) is 12.2. The van der Waals surface area contributed by atoms with Crippen LogP contribution in [0.25, 0.3) is 0 Å². The van der Waals surface area contributed by atoms with Gasteiger partial charge in [-0.2, -0.15) is 17.0 Å². The fourth-order valence-electron chi connectivity index (χ4n) is 8.22. The fourth-order valence-corrected chi connectivity index (χ4v) is 9.77. The molecule has 2 saturated heterocycles. The van der Waals surface area contributed by atoms with Gasteiger partial charge in [-0.1, -0.05) is 18.4 Å². The van der Waals surface area contributed by atoms with Gasteiger partial charge in [0.25, 0.3) is 0 Å². The topological polar surface area (TPSA) is 326 Å². The van der Waals surface area contributed by atoms with Gasteiger partial charge in [-0.05, 0) is 105 Å². The number of unbranched alkanes of at least 4 members (excludes halogenated alkanes) is 2. The van der Waals surface area contributed by atoms with E-state index < -0.39 is 5.97 Å². The van der Waals surface area contributed by atoms with E-state index in [0.717, 1.165) is 30.6 Å². The van der Waals surface area contributed by atoms with Crippen molar-refractivity contribution < 1.29 is 53.1 Å². The summed E-state index contributed by atoms with van der Waals surface area (Å²) in [5.41, 5.74) is 15.5. The second kappa shape index (κ2) is 34.3. The fraction of sp³-hybridized carbons (Fsp3) is 0.481. The number of nitriles is 1. The van der Waals surface area contributed by atoms with Gasteiger partial charge in [-0.3, -0.25) is 25.2 Å². The third kappa shape index (κ3) is 23.6. The van der Waals surface area contributed by atoms with Crippen molar-refractivity contribution in [1.29, 1.82) is 5.26 Å². The molecule has 0 aliphatic carbocycles. The predicted octanol–water partition coefficient (Wildman–Crippen LogP) is 4.68. The van der Waals surface area contributed by atoms with E-state index in [9.17, 15) is 34.2 Å². The Labute approximate surface area is 454 Å². The van der Waals surface area contributed by atoms with Gasteiger partial charge in [0.15, 0.2) is 6.07 Å². The monoisotopic (exact) mass is 1080 g/mol. The van der Waals surface area contributed by atoms with E-state index >= 15 is 0 Å². The van der Waals surface area contributed by atoms with Crippen LogP contribution < -0.4 is 53.7 Å². The number of carboxylic acids is 1. The Bertz CT molecular complexity index is 2520. The summed E-state index contributed by atoms with van der Waals surface area (Å²) in [6.07, 6.45) is 8.81. The SMILES string of the molecule is N#CC#Cc1ccc(NC(=O)CCCCN(N)/C=C(\N)CCCC(=O)NCCCc2ccc(NNc3ccc(O)cc3OCCOCCOCCOCCNC(=O)CCCC[C@@H]3SCC4NC(=O)NC43)c(C(=O)O)c2)cc1. The van der Waals surface area contributed by atoms with Crippen LogP contribution in [0.2, 0.25) is 0 Å². The summed E-state index contributed by atoms with van der Waals surface area (Å²) in [5, 5.41) is 45.1. The molecule has 2 unspecified atom stereocenters. The average molecular weight is 1080 g/mol. The van der Waals surface area contributed by atoms with E-state index in [-0.39, 0.29) is 66.8 Å². The number of nitrogens with two attached hydrogens (primary N) is 2. The quantitative estimate of drug-likeness (QED) is 0.00932. The number of allylic oxidation sites excluding steroid dienone is 1. The second-order valence-corrected chi connectivity index (χ2v) is 19.5. The number of hydrogen-bond donors (Lipinski definition) is 11. The van der Waals surface area contributed by atoms with Gasteiger partial charge < -0.3 is 66.5 Å². The molecular weight excluding hydrogens is 1010 g/mol. The van der Waals surface area contributed by atoms with Gasteiger partial charge in [-0.25, -0.2) is 15.4 Å². The van der Waals surface area contributed by atoms with Crippen LogP contribution in [0.15, 0.2) is 72.6 Å². The number of aromatic carboxylic acids is 1. The number of benzene rings is 3. The third-order valence-corrected chi connectivity index (χ3v) is 13.7. The number of carbonyl (C=O) groups is 5. The smallest absolute Gasteiger partial charge is 0.337 e. The van der Waals surface area contributed by atoms with Gasteiger partial charge in [-0.15, -0.1) is 0 Å². The second-order valence-electron chi connectivity index (χ2n) is 18.2. The molecule has 5 amide bonds. The maximum absolute atomic E-state index is 12.5. The average Bonchev–Trinajstić information content (AvgIpc) is 3.98. The number of carbonyl (C=O) groups excluding carboxylic acids is 4. The highest BCUT2D eigenvalue weighted by Gasteiger charge is 2.42. The molecule has 23 heteroatoms. The molecule has 3 atom stereocenters. The van der Waals surface area contributed by atoms with Gasteiger partial charge in [0.2, 0.25) is 17.7 Å². The summed E-state index contributed by atoms with van der Waals surface area (Å²) in [6.45, 7) is 3.52. The molecule has 2 fully saturated rings. The molecule has 22 nitrogen and oxygen atoms in total. The lowest BCUT2D eigenvalue weighted by Gasteiger charge is -2.17. The number of phenols is 1. The van der Waals surface area contributed by atoms with Crippen molar-refractivity contribution in [3.63, 3.8) is 0 Å². The molecule has 0 bridgehead atoms. The Morgan fingerprint density at radius 1 is 0.779 bits per heavy atom. The van der Waals surface area contributed by atoms with Crippen LogP contribution in [0, 0.1) is 23.2 Å². The van der Waals surface area contributed by atoms with Crippen molar-refractivity contribution in [2.75, 3.05) is 87.8 Å². The van der Waals surface area contributed by atoms with Gasteiger partial charge >= 0.3 is 12.0 Å². The van der Waals surface area contributed by atoms with Crippen molar-refractivity contribution in [3.8, 4) is 29.4 Å². The lowest BCUT2D eigenvalue weighted by atomic mass is 10.0. The number of hydrazine groups is 2. The van der Waals surface area contributed by atoms with E-state index in [0.29, 0.717) is 143 Å². The number of urea groups is 1. The first kappa shape index (κ1) is 60.5. The molecule has 2 aliphatic heterocycles. The molecule has 77 heavy (non-hydrogen) atoms. The number of anilines is 3. The minimum atomic E-state index is -1.13. The molecule has 0 radical (unpaired) electrons. The highest BCUT2D eigenvalue weighted by molar-refractivity contribution is 8.00. The molecule has 5 rings (SSSR count). The summed E-state index contributed by atoms with van der Waals surface area (Å²) in [7, 11) is 0. The van der Waals surface area contributed by atoms with Crippen LogP contribution in [-0.4, -0.2) is 134 Å². The summed E-state index contributed by atoms with van der Waals surface area (Å²) in [4.78, 5) is 60.8. The van der Waals surface area contributed by atoms with Crippen LogP contribution in [0.3, 0.4) is 0 Å². The van der Waals surface area contributed by atoms with E-state index in [4.69, 9.17) is 35.8 Å². The Kier molecular flexibility index (Phi) is 26.9. The maximum Gasteiger partial charge on any atom is 0.337 e. The number of hydrogen-bond acceptors (Lipinski definition) is 17. The van der Waals surface area contributed by atoms with Crippen molar-refractivity contribution in [2.45, 2.75) is 94.4 Å². The number of nitrogens with zero attached hydrogens (tertiary/aromatic N) is 2. The van der Waals surface area contributed by atoms with E-state index in [1.165, 1.54) is 17.1 Å². The largest absolute Gasteiger partial charge is 0.508 e. The first-order valence-electron chi connectivity index (χ1n) is 25.9. The molecule has 3 aromatic carbocycles. The standard InChI is InChI=1S/C54H73N11O11S/c55-23-6-8-38-15-18-41(19-16-38)60-51(69)13-3-4-26-65(57)36-40(56)10-5-14-50(68)58-24-7-9-39-17-21-44(43(34-39)53(70)71)63-64-45-22-20-42(66)35-47(45)76-33-32-75-31-30-74-29-28-73-27-25-59-49(67)12-2-1-11-48-52-46(37-77-48)61-54(72)62-52/h15-22,34-36,46,48,52,63-64,66H,1-5,7,9-14,24-33,37,56-57H2,(H,58,68)(H,59,67)(H,60,69)(H,70,71)(H2,61,62,72)/b40-36-/t46?,48-,52?/m0/s1. The number of phenolic OH excluding ortho intramolecular Hbond substituents is 1. The molecular formula is C54H73N11O11S. The number of nitrogens with one attached hydrogen (secondary N) is 7. The lowest BCUT2D eigenvalue weighted by Crippen LogP contribution is -2.36. The van der Waals surface area contributed by atoms with Crippen LogP contribution >= 0.6 is 11.8 Å². The van der Waals surface area contributed by atoms with Gasteiger partial charge in [0, 0.05) is 85.0 Å². The number of aromatic hydroxyl groups is 1. The zero-order valence-corrected chi connectivity index (χ0v) is 44.2. The molecule has 3 aromatic rings. The molecule has 13 N–H and O–H groups in total. The highest BCUT2D eigenvalue weighted by atomic mass is 32.2. The molecule has 2 aliphatic rings. The molecule has 0 aromatic heterocycles. The number of aryl methyl sites for hydroxylation is 1. The molecule has 2 heterocycles. The van der Waals surface area contributed by atoms with Crippen LogP contribution in [0.1, 0.15) is 92.1 Å². The molecule has 0 spiro atoms. The van der Waals surface area contributed by atoms with Crippen molar-refractivity contribution in [3.05, 3.63) is 89.3 Å². The number of thioether (sulfide) groups is 1. The summed E-state index contributed by atoms with van der Waals surface area (Å²) >= 11 is 1.88. The summed E-state index contributed by atoms with van der Waals surface area (Å²) in [5.74, 6) is 10.9. The maximum atomic E-state index is 12.5. The predicted molar refractivity (Wildman–Crippen MR) is 293 cm³/mol. The lowest BCUT2D eigenvalue weighted by molar-refractivity contribution is -0.122. The zero-order valence-electron chi connectivity index (χ0n) is 43.4. The normalized spacial score (nSPS) is 15.4. The Hall–Kier alpha value is -7.41. The van der Waals surface area contributed by atoms with Gasteiger partial charge in [0.1, 0.15) is 18.1 Å². The van der Waals surface area contributed by atoms with Crippen molar-refractivity contribution >= 4 is 58.5 Å². The Morgan fingerprint density at radius 3 is 2.21 bits per heavy atom. The summed E-state index contributed by atoms with van der Waals surface area (Å²) in [6, 6.07) is 18.5. The Morgan fingerprint density at radius 2 is 1.45 bits per heavy atom. The molecule has 416 valence electrons. The Balaban J connectivity index is 0.858. The van der Waals surface area contributed by atoms with E-state index in [1.807, 2.05) is 11.8 Å². The van der Waals surface area contributed by atoms with Crippen LogP contribution in [0.4, 0.5) is 21.9 Å². The van der Waals surface area contributed by atoms with Crippen LogP contribution in [0.5, 0.6) is 11.5 Å².